The van der Waals surface area contributed by atoms with E-state index in [1.807, 2.05) is 24.4 Å². The van der Waals surface area contributed by atoms with Gasteiger partial charge in [-0.3, -0.25) is 9.89 Å². The number of aromatic amines is 1. The first kappa shape index (κ1) is 19.4. The van der Waals surface area contributed by atoms with E-state index in [4.69, 9.17) is 11.6 Å². The van der Waals surface area contributed by atoms with Gasteiger partial charge in [0.1, 0.15) is 12.5 Å². The molecule has 0 bridgehead atoms. The van der Waals surface area contributed by atoms with Gasteiger partial charge in [-0.15, -0.1) is 0 Å². The lowest BCUT2D eigenvalue weighted by atomic mass is 10.1. The van der Waals surface area contributed by atoms with Gasteiger partial charge in [0, 0.05) is 61.8 Å². The zero-order valence-electron chi connectivity index (χ0n) is 16.9. The second kappa shape index (κ2) is 8.64. The zero-order valence-corrected chi connectivity index (χ0v) is 17.7. The molecule has 0 radical (unpaired) electrons. The van der Waals surface area contributed by atoms with E-state index in [2.05, 4.69) is 61.5 Å². The average Bonchev–Trinajstić information content (AvgIpc) is 3.22. The summed E-state index contributed by atoms with van der Waals surface area (Å²) in [6.45, 7) is 6.77. The van der Waals surface area contributed by atoms with E-state index >= 15 is 0 Å². The maximum Gasteiger partial charge on any atom is 0.117 e. The number of halogens is 1. The van der Waals surface area contributed by atoms with E-state index in [0.717, 1.165) is 66.9 Å². The molecule has 0 aliphatic carbocycles. The first-order chi connectivity index (χ1) is 14.8. The highest BCUT2D eigenvalue weighted by Crippen LogP contribution is 2.30. The molecule has 0 atom stereocenters. The molecule has 1 fully saturated rings. The second-order valence-electron chi connectivity index (χ2n) is 7.95. The van der Waals surface area contributed by atoms with Crippen LogP contribution >= 0.6 is 11.6 Å². The van der Waals surface area contributed by atoms with Crippen LogP contribution in [-0.4, -0.2) is 48.9 Å². The lowest BCUT2D eigenvalue weighted by Gasteiger charge is -2.27. The number of fused-ring (bicyclic) bond motifs is 1. The highest BCUT2D eigenvalue weighted by Gasteiger charge is 2.19. The number of anilines is 1. The van der Waals surface area contributed by atoms with E-state index in [1.54, 1.807) is 0 Å². The fourth-order valence-electron chi connectivity index (χ4n) is 4.16. The Balaban J connectivity index is 1.33. The monoisotopic (exact) mass is 419 g/mol. The van der Waals surface area contributed by atoms with Crippen LogP contribution in [0.3, 0.4) is 0 Å². The van der Waals surface area contributed by atoms with Gasteiger partial charge in [0.15, 0.2) is 0 Å². The van der Waals surface area contributed by atoms with Crippen molar-refractivity contribution in [3.8, 4) is 11.3 Å². The first-order valence-electron chi connectivity index (χ1n) is 10.5. The van der Waals surface area contributed by atoms with Gasteiger partial charge in [-0.25, -0.2) is 0 Å². The minimum absolute atomic E-state index is 0.627. The van der Waals surface area contributed by atoms with Crippen LogP contribution in [0.25, 0.3) is 11.3 Å². The molecule has 2 aliphatic rings. The number of rotatable bonds is 5. The van der Waals surface area contributed by atoms with Crippen LogP contribution < -0.4 is 10.2 Å². The molecule has 5 rings (SSSR count). The van der Waals surface area contributed by atoms with Crippen LogP contribution in [0.4, 0.5) is 5.82 Å². The van der Waals surface area contributed by atoms with Crippen LogP contribution in [0.1, 0.15) is 16.7 Å². The van der Waals surface area contributed by atoms with Crippen molar-refractivity contribution < 1.29 is 0 Å². The van der Waals surface area contributed by atoms with Crippen LogP contribution in [0.5, 0.6) is 0 Å². The van der Waals surface area contributed by atoms with Crippen molar-refractivity contribution in [2.75, 3.05) is 37.7 Å². The topological polar surface area (TPSA) is 46.7 Å². The molecule has 30 heavy (non-hydrogen) atoms. The Hall–Kier alpha value is -2.60. The molecule has 1 aromatic heterocycles. The minimum Gasteiger partial charge on any atom is -0.341 e. The summed E-state index contributed by atoms with van der Waals surface area (Å²) in [5, 5.41) is 4.20. The van der Waals surface area contributed by atoms with Crippen molar-refractivity contribution in [2.24, 2.45) is 4.99 Å². The maximum atomic E-state index is 6.37. The predicted molar refractivity (Wildman–Crippen MR) is 124 cm³/mol. The normalized spacial score (nSPS) is 16.6. The molecule has 0 unspecified atom stereocenters. The Morgan fingerprint density at radius 3 is 2.57 bits per heavy atom. The number of aliphatic imine (C=N–C) groups is 1. The van der Waals surface area contributed by atoms with Gasteiger partial charge < -0.3 is 15.2 Å². The van der Waals surface area contributed by atoms with Crippen molar-refractivity contribution in [2.45, 2.75) is 13.1 Å². The van der Waals surface area contributed by atoms with E-state index in [-0.39, 0.29) is 0 Å². The van der Waals surface area contributed by atoms with Crippen LogP contribution in [0, 0.1) is 0 Å². The van der Waals surface area contributed by atoms with Crippen LogP contribution in [0.15, 0.2) is 59.6 Å². The summed E-state index contributed by atoms with van der Waals surface area (Å²) in [4.78, 5) is 12.9. The lowest BCUT2D eigenvalue weighted by molar-refractivity contribution is 0.233. The number of hydrogen-bond acceptors (Lipinski definition) is 4. The zero-order chi connectivity index (χ0) is 20.3. The summed E-state index contributed by atoms with van der Waals surface area (Å²) >= 11 is 6.37. The smallest absolute Gasteiger partial charge is 0.117 e. The average molecular weight is 420 g/mol. The van der Waals surface area contributed by atoms with Gasteiger partial charge in [-0.2, -0.15) is 0 Å². The SMILES string of the molecule is Clc1ccccc1CN1CN=Cc2cc(-c3ccc(CN4CCNCC4)cc3)[nH]c21. The summed E-state index contributed by atoms with van der Waals surface area (Å²) in [5.41, 5.74) is 5.90. The van der Waals surface area contributed by atoms with Gasteiger partial charge in [0.2, 0.25) is 0 Å². The molecule has 3 heterocycles. The molecule has 6 heteroatoms. The molecule has 0 saturated carbocycles. The van der Waals surface area contributed by atoms with Gasteiger partial charge in [-0.1, -0.05) is 54.1 Å². The summed E-state index contributed by atoms with van der Waals surface area (Å²) in [6, 6.07) is 19.1. The number of nitrogens with one attached hydrogen (secondary N) is 2. The molecule has 2 N–H and O–H groups in total. The summed E-state index contributed by atoms with van der Waals surface area (Å²) < 4.78 is 0. The van der Waals surface area contributed by atoms with Gasteiger partial charge in [0.05, 0.1) is 0 Å². The summed E-state index contributed by atoms with van der Waals surface area (Å²) in [6.07, 6.45) is 1.96. The van der Waals surface area contributed by atoms with E-state index in [0.29, 0.717) is 6.67 Å². The molecule has 5 nitrogen and oxygen atoms in total. The van der Waals surface area contributed by atoms with E-state index in [1.165, 1.54) is 11.1 Å². The van der Waals surface area contributed by atoms with Crippen molar-refractivity contribution in [3.63, 3.8) is 0 Å². The van der Waals surface area contributed by atoms with Crippen molar-refractivity contribution >= 4 is 23.6 Å². The number of H-pyrrole nitrogens is 1. The van der Waals surface area contributed by atoms with Gasteiger partial charge >= 0.3 is 0 Å². The van der Waals surface area contributed by atoms with Crippen molar-refractivity contribution in [1.29, 1.82) is 0 Å². The minimum atomic E-state index is 0.627. The third-order valence-corrected chi connectivity index (χ3v) is 6.19. The summed E-state index contributed by atoms with van der Waals surface area (Å²) in [7, 11) is 0. The number of nitrogens with zero attached hydrogens (tertiary/aromatic N) is 3. The third kappa shape index (κ3) is 4.15. The quantitative estimate of drug-likeness (QED) is 0.653. The first-order valence-corrected chi connectivity index (χ1v) is 10.9. The molecule has 2 aromatic carbocycles. The number of hydrogen-bond donors (Lipinski definition) is 2. The predicted octanol–water partition coefficient (Wildman–Crippen LogP) is 4.14. The fourth-order valence-corrected chi connectivity index (χ4v) is 4.36. The van der Waals surface area contributed by atoms with E-state index in [9.17, 15) is 0 Å². The summed E-state index contributed by atoms with van der Waals surface area (Å²) in [5.74, 6) is 1.10. The Bertz CT molecular complexity index is 1030. The Labute approximate surface area is 182 Å². The van der Waals surface area contributed by atoms with Crippen molar-refractivity contribution in [1.82, 2.24) is 15.2 Å². The van der Waals surface area contributed by atoms with Gasteiger partial charge in [-0.05, 0) is 28.8 Å². The molecule has 3 aromatic rings. The van der Waals surface area contributed by atoms with Crippen LogP contribution in [0.2, 0.25) is 5.02 Å². The van der Waals surface area contributed by atoms with E-state index < -0.39 is 0 Å². The van der Waals surface area contributed by atoms with Gasteiger partial charge in [0.25, 0.3) is 0 Å². The number of piperazine rings is 1. The number of aromatic nitrogens is 1. The Morgan fingerprint density at radius 1 is 0.967 bits per heavy atom. The third-order valence-electron chi connectivity index (χ3n) is 5.83. The Kier molecular flexibility index (Phi) is 5.58. The fraction of sp³-hybridized carbons (Fsp3) is 0.292. The molecule has 2 aliphatic heterocycles. The van der Waals surface area contributed by atoms with Crippen molar-refractivity contribution in [3.05, 3.63) is 76.3 Å². The maximum absolute atomic E-state index is 6.37. The largest absolute Gasteiger partial charge is 0.341 e. The second-order valence-corrected chi connectivity index (χ2v) is 8.36. The molecular weight excluding hydrogens is 394 g/mol. The Morgan fingerprint density at radius 2 is 1.77 bits per heavy atom. The standard InChI is InChI=1S/C24H26ClN5/c25-22-4-2-1-3-20(22)16-30-17-27-14-21-13-23(28-24(21)30)19-7-5-18(6-8-19)15-29-11-9-26-10-12-29/h1-8,13-14,26,28H,9-12,15-17H2. The molecule has 1 saturated heterocycles. The lowest BCUT2D eigenvalue weighted by Crippen LogP contribution is -2.42. The molecule has 154 valence electrons. The number of benzene rings is 2. The van der Waals surface area contributed by atoms with Crippen LogP contribution in [-0.2, 0) is 13.1 Å². The molecular formula is C24H26ClN5. The highest BCUT2D eigenvalue weighted by molar-refractivity contribution is 6.31. The highest BCUT2D eigenvalue weighted by atomic mass is 35.5. The molecule has 0 amide bonds. The molecule has 0 spiro atoms.